The highest BCUT2D eigenvalue weighted by atomic mass is 16.4. The third-order valence-corrected chi connectivity index (χ3v) is 4.28. The maximum Gasteiger partial charge on any atom is 0.308 e. The van der Waals surface area contributed by atoms with Crippen LogP contribution < -0.4 is 0 Å². The molecule has 0 spiro atoms. The van der Waals surface area contributed by atoms with Crippen molar-refractivity contribution in [1.82, 2.24) is 9.55 Å². The van der Waals surface area contributed by atoms with Crippen molar-refractivity contribution in [2.45, 2.75) is 40.2 Å². The maximum absolute atomic E-state index is 11.3. The van der Waals surface area contributed by atoms with Crippen LogP contribution in [-0.4, -0.2) is 20.6 Å². The molecule has 0 saturated heterocycles. The molecule has 3 rings (SSSR count). The normalized spacial score (nSPS) is 12.3. The van der Waals surface area contributed by atoms with Crippen LogP contribution in [0.15, 0.2) is 34.7 Å². The van der Waals surface area contributed by atoms with Gasteiger partial charge in [-0.3, -0.25) is 4.79 Å². The van der Waals surface area contributed by atoms with Gasteiger partial charge in [-0.2, -0.15) is 0 Å². The molecule has 0 unspecified atom stereocenters. The number of carboxylic acid groups (broad SMARTS) is 1. The Balaban J connectivity index is 2.11. The predicted molar refractivity (Wildman–Crippen MR) is 98.4 cm³/mol. The van der Waals surface area contributed by atoms with Gasteiger partial charge in [0.2, 0.25) is 5.89 Å². The fourth-order valence-electron chi connectivity index (χ4n) is 3.29. The second-order valence-corrected chi connectivity index (χ2v) is 6.52. The summed E-state index contributed by atoms with van der Waals surface area (Å²) in [6.07, 6.45) is 1.73. The van der Waals surface area contributed by atoms with Crippen LogP contribution in [0.2, 0.25) is 0 Å². The molecule has 0 aliphatic heterocycles. The lowest BCUT2D eigenvalue weighted by atomic mass is 10.1. The minimum atomic E-state index is -0.911. The van der Waals surface area contributed by atoms with Gasteiger partial charge in [0.05, 0.1) is 6.42 Å². The van der Waals surface area contributed by atoms with Gasteiger partial charge in [0, 0.05) is 23.0 Å². The zero-order chi connectivity index (χ0) is 18.1. The van der Waals surface area contributed by atoms with E-state index in [0.717, 1.165) is 22.5 Å². The number of benzene rings is 1. The molecule has 1 aromatic carbocycles. The van der Waals surface area contributed by atoms with Gasteiger partial charge in [0.25, 0.3) is 0 Å². The average molecular weight is 338 g/mol. The van der Waals surface area contributed by atoms with E-state index >= 15 is 0 Å². The third kappa shape index (κ3) is 3.36. The van der Waals surface area contributed by atoms with Gasteiger partial charge in [0.15, 0.2) is 5.58 Å². The van der Waals surface area contributed by atoms with Crippen LogP contribution in [0.4, 0.5) is 0 Å². The molecule has 0 radical (unpaired) electrons. The van der Waals surface area contributed by atoms with Gasteiger partial charge < -0.3 is 14.1 Å². The van der Waals surface area contributed by atoms with Gasteiger partial charge in [0.1, 0.15) is 5.52 Å². The first kappa shape index (κ1) is 17.0. The van der Waals surface area contributed by atoms with Crippen molar-refractivity contribution in [2.75, 3.05) is 0 Å². The molecule has 0 saturated carbocycles. The minimum absolute atomic E-state index is 0.141. The highest BCUT2D eigenvalue weighted by Crippen LogP contribution is 2.28. The Morgan fingerprint density at radius 1 is 1.32 bits per heavy atom. The lowest BCUT2D eigenvalue weighted by Crippen LogP contribution is -2.04. The molecule has 0 atom stereocenters. The zero-order valence-electron chi connectivity index (χ0n) is 14.9. The fourth-order valence-corrected chi connectivity index (χ4v) is 3.29. The number of hydrogen-bond donors (Lipinski definition) is 1. The molecule has 0 aliphatic rings. The molecule has 2 aromatic heterocycles. The summed E-state index contributed by atoms with van der Waals surface area (Å²) in [6.45, 7) is 8.36. The Labute approximate surface area is 146 Å². The molecule has 0 amide bonds. The average Bonchev–Trinajstić information content (AvgIpc) is 3.07. The van der Waals surface area contributed by atoms with Gasteiger partial charge in [-0.15, -0.1) is 0 Å². The number of rotatable bonds is 5. The Bertz CT molecular complexity index is 928. The van der Waals surface area contributed by atoms with Crippen LogP contribution in [-0.2, 0) is 4.79 Å². The van der Waals surface area contributed by atoms with Crippen molar-refractivity contribution >= 4 is 28.7 Å². The number of oxazole rings is 1. The van der Waals surface area contributed by atoms with Gasteiger partial charge >= 0.3 is 5.97 Å². The minimum Gasteiger partial charge on any atom is -0.481 e. The Morgan fingerprint density at radius 2 is 2.04 bits per heavy atom. The number of aryl methyl sites for hydroxylation is 1. The third-order valence-electron chi connectivity index (χ3n) is 4.28. The molecule has 130 valence electrons. The molecule has 5 nitrogen and oxygen atoms in total. The summed E-state index contributed by atoms with van der Waals surface area (Å²) in [5.41, 5.74) is 5.18. The summed E-state index contributed by atoms with van der Waals surface area (Å²) in [7, 11) is 0. The Morgan fingerprint density at radius 3 is 2.64 bits per heavy atom. The van der Waals surface area contributed by atoms with Gasteiger partial charge in [-0.05, 0) is 57.5 Å². The number of para-hydroxylation sites is 2. The number of carboxylic acids is 1. The van der Waals surface area contributed by atoms with E-state index in [0.29, 0.717) is 23.1 Å². The van der Waals surface area contributed by atoms with E-state index in [2.05, 4.69) is 36.4 Å². The summed E-state index contributed by atoms with van der Waals surface area (Å²) in [5, 5.41) is 9.30. The van der Waals surface area contributed by atoms with Crippen molar-refractivity contribution in [1.29, 1.82) is 0 Å². The fraction of sp³-hybridized carbons (Fsp3) is 0.300. The molecule has 2 heterocycles. The standard InChI is InChI=1S/C20H22N2O3/c1-12(2)22-13(3)9-15(14(22)4)10-16(11-19(23)24)20-21-17-7-5-6-8-18(17)25-20/h5-10,12H,11H2,1-4H3,(H,23,24)/b16-10+. The van der Waals surface area contributed by atoms with Crippen molar-refractivity contribution in [3.8, 4) is 0 Å². The predicted octanol–water partition coefficient (Wildman–Crippen LogP) is 4.84. The van der Waals surface area contributed by atoms with E-state index < -0.39 is 5.97 Å². The quantitative estimate of drug-likeness (QED) is 0.722. The summed E-state index contributed by atoms with van der Waals surface area (Å²) < 4.78 is 8.01. The number of carbonyl (C=O) groups is 1. The molecule has 25 heavy (non-hydrogen) atoms. The first-order chi connectivity index (χ1) is 11.9. The van der Waals surface area contributed by atoms with E-state index in [9.17, 15) is 9.90 Å². The summed E-state index contributed by atoms with van der Waals surface area (Å²) in [5.74, 6) is -0.552. The first-order valence-electron chi connectivity index (χ1n) is 8.33. The van der Waals surface area contributed by atoms with E-state index in [-0.39, 0.29) is 6.42 Å². The molecule has 0 fully saturated rings. The van der Waals surface area contributed by atoms with Gasteiger partial charge in [-0.25, -0.2) is 4.98 Å². The van der Waals surface area contributed by atoms with Crippen LogP contribution in [0.25, 0.3) is 22.7 Å². The number of fused-ring (bicyclic) bond motifs is 1. The van der Waals surface area contributed by atoms with Crippen LogP contribution in [0.1, 0.15) is 49.2 Å². The maximum atomic E-state index is 11.3. The first-order valence-corrected chi connectivity index (χ1v) is 8.33. The molecule has 1 N–H and O–H groups in total. The summed E-state index contributed by atoms with van der Waals surface area (Å²) in [4.78, 5) is 15.8. The van der Waals surface area contributed by atoms with Crippen molar-refractivity contribution in [3.63, 3.8) is 0 Å². The van der Waals surface area contributed by atoms with Crippen molar-refractivity contribution in [2.24, 2.45) is 0 Å². The summed E-state index contributed by atoms with van der Waals surface area (Å²) >= 11 is 0. The smallest absolute Gasteiger partial charge is 0.308 e. The second-order valence-electron chi connectivity index (χ2n) is 6.52. The van der Waals surface area contributed by atoms with Crippen LogP contribution in [0, 0.1) is 13.8 Å². The summed E-state index contributed by atoms with van der Waals surface area (Å²) in [6, 6.07) is 9.84. The monoisotopic (exact) mass is 338 g/mol. The largest absolute Gasteiger partial charge is 0.481 e. The number of hydrogen-bond acceptors (Lipinski definition) is 3. The van der Waals surface area contributed by atoms with Crippen LogP contribution in [0.5, 0.6) is 0 Å². The zero-order valence-corrected chi connectivity index (χ0v) is 14.9. The number of nitrogens with zero attached hydrogens (tertiary/aromatic N) is 2. The van der Waals surface area contributed by atoms with E-state index in [1.807, 2.05) is 37.3 Å². The second kappa shape index (κ2) is 6.59. The van der Waals surface area contributed by atoms with Crippen LogP contribution in [0.3, 0.4) is 0 Å². The lowest BCUT2D eigenvalue weighted by molar-refractivity contribution is -0.135. The SMILES string of the molecule is Cc1cc(/C=C(\CC(=O)O)c2nc3ccccc3o2)c(C)n1C(C)C. The van der Waals surface area contributed by atoms with Crippen molar-refractivity contribution in [3.05, 3.63) is 53.2 Å². The highest BCUT2D eigenvalue weighted by molar-refractivity contribution is 5.91. The van der Waals surface area contributed by atoms with Gasteiger partial charge in [-0.1, -0.05) is 12.1 Å². The van der Waals surface area contributed by atoms with Crippen LogP contribution >= 0.6 is 0 Å². The van der Waals surface area contributed by atoms with E-state index in [1.54, 1.807) is 0 Å². The number of aliphatic carboxylic acids is 1. The Hall–Kier alpha value is -2.82. The molecule has 3 aromatic rings. The topological polar surface area (TPSA) is 68.3 Å². The van der Waals surface area contributed by atoms with Crippen molar-refractivity contribution < 1.29 is 14.3 Å². The number of aromatic nitrogens is 2. The highest BCUT2D eigenvalue weighted by Gasteiger charge is 2.17. The van der Waals surface area contributed by atoms with E-state index in [1.165, 1.54) is 0 Å². The molecular formula is C20H22N2O3. The lowest BCUT2D eigenvalue weighted by Gasteiger charge is -2.13. The van der Waals surface area contributed by atoms with E-state index in [4.69, 9.17) is 4.42 Å². The Kier molecular flexibility index (Phi) is 4.49. The molecular weight excluding hydrogens is 316 g/mol. The molecule has 5 heteroatoms. The molecule has 0 aliphatic carbocycles. The molecule has 0 bridgehead atoms.